The van der Waals surface area contributed by atoms with Gasteiger partial charge in [-0.25, -0.2) is 0 Å². The predicted molar refractivity (Wildman–Crippen MR) is 173 cm³/mol. The minimum absolute atomic E-state index is 0.659. The summed E-state index contributed by atoms with van der Waals surface area (Å²) in [5, 5.41) is 6.50. The van der Waals surface area contributed by atoms with E-state index in [1.165, 1.54) is 0 Å². The van der Waals surface area contributed by atoms with Gasteiger partial charge in [0.1, 0.15) is 0 Å². The van der Waals surface area contributed by atoms with E-state index >= 15 is 4.57 Å². The van der Waals surface area contributed by atoms with Gasteiger partial charge in [0.15, 0.2) is 30.1 Å². The highest BCUT2D eigenvalue weighted by Crippen LogP contribution is 2.53. The molecule has 0 atom stereocenters. The van der Waals surface area contributed by atoms with Crippen LogP contribution in [0.4, 0.5) is 0 Å². The van der Waals surface area contributed by atoms with Crippen molar-refractivity contribution >= 4 is 44.6 Å². The van der Waals surface area contributed by atoms with E-state index in [2.05, 4.69) is 48.5 Å². The lowest BCUT2D eigenvalue weighted by atomic mass is 9.96. The van der Waals surface area contributed by atoms with Gasteiger partial charge < -0.3 is 14.0 Å². The van der Waals surface area contributed by atoms with Crippen LogP contribution < -0.4 is 25.4 Å². The van der Waals surface area contributed by atoms with Gasteiger partial charge in [0.25, 0.3) is 0 Å². The first kappa shape index (κ1) is 24.7. The second-order valence-corrected chi connectivity index (χ2v) is 13.2. The first-order valence-electron chi connectivity index (χ1n) is 14.0. The van der Waals surface area contributed by atoms with E-state index < -0.39 is 7.14 Å². The van der Waals surface area contributed by atoms with Crippen LogP contribution >= 0.6 is 7.14 Å². The Kier molecular flexibility index (Phi) is 5.73. The molecule has 7 aromatic rings. The highest BCUT2D eigenvalue weighted by atomic mass is 31.2. The molecular formula is C38H25O3P. The SMILES string of the molecule is O=P(c1ccccc1)(c1ccccc1)c1cccc(-c2cc3c(c4ccccc24)Oc2ccc4ccccc4c2O3)c1. The number of ether oxygens (including phenoxy) is 2. The molecule has 200 valence electrons. The second kappa shape index (κ2) is 9.76. The van der Waals surface area contributed by atoms with E-state index in [-0.39, 0.29) is 0 Å². The van der Waals surface area contributed by atoms with Crippen molar-refractivity contribution in [2.45, 2.75) is 0 Å². The van der Waals surface area contributed by atoms with Crippen LogP contribution in [0, 0.1) is 0 Å². The van der Waals surface area contributed by atoms with Crippen molar-refractivity contribution in [3.63, 3.8) is 0 Å². The minimum Gasteiger partial charge on any atom is -0.449 e. The average molecular weight is 561 g/mol. The highest BCUT2D eigenvalue weighted by Gasteiger charge is 2.30. The fraction of sp³-hybridized carbons (Fsp3) is 0. The molecule has 0 amide bonds. The molecule has 0 saturated heterocycles. The van der Waals surface area contributed by atoms with Crippen LogP contribution in [0.3, 0.4) is 0 Å². The zero-order valence-electron chi connectivity index (χ0n) is 22.6. The molecular weight excluding hydrogens is 535 g/mol. The van der Waals surface area contributed by atoms with Crippen LogP contribution in [0.5, 0.6) is 23.0 Å². The lowest BCUT2D eigenvalue weighted by Gasteiger charge is -2.25. The molecule has 1 aliphatic heterocycles. The van der Waals surface area contributed by atoms with E-state index in [9.17, 15) is 0 Å². The summed E-state index contributed by atoms with van der Waals surface area (Å²) >= 11 is 0. The summed E-state index contributed by atoms with van der Waals surface area (Å²) in [4.78, 5) is 0. The molecule has 0 aliphatic carbocycles. The number of benzene rings is 7. The van der Waals surface area contributed by atoms with Gasteiger partial charge in [-0.1, -0.05) is 133 Å². The van der Waals surface area contributed by atoms with E-state index in [0.717, 1.165) is 48.6 Å². The Morgan fingerprint density at radius 2 is 1.00 bits per heavy atom. The first-order chi connectivity index (χ1) is 20.7. The molecule has 42 heavy (non-hydrogen) atoms. The summed E-state index contributed by atoms with van der Waals surface area (Å²) in [6, 6.07) is 50.1. The maximum absolute atomic E-state index is 15.1. The Morgan fingerprint density at radius 1 is 0.429 bits per heavy atom. The Morgan fingerprint density at radius 3 is 1.74 bits per heavy atom. The summed E-state index contributed by atoms with van der Waals surface area (Å²) in [7, 11) is -3.13. The summed E-state index contributed by atoms with van der Waals surface area (Å²) < 4.78 is 28.2. The Labute approximate surface area is 244 Å². The van der Waals surface area contributed by atoms with E-state index in [1.807, 2.05) is 103 Å². The molecule has 0 aromatic heterocycles. The summed E-state index contributed by atoms with van der Waals surface area (Å²) in [6.07, 6.45) is 0. The van der Waals surface area contributed by atoms with Crippen LogP contribution in [-0.4, -0.2) is 0 Å². The zero-order chi connectivity index (χ0) is 28.1. The maximum atomic E-state index is 15.1. The van der Waals surface area contributed by atoms with E-state index in [1.54, 1.807) is 0 Å². The molecule has 1 heterocycles. The van der Waals surface area contributed by atoms with Crippen molar-refractivity contribution in [3.05, 3.63) is 152 Å². The molecule has 0 unspecified atom stereocenters. The van der Waals surface area contributed by atoms with Crippen LogP contribution in [-0.2, 0) is 4.57 Å². The number of hydrogen-bond acceptors (Lipinski definition) is 3. The smallest absolute Gasteiger partial charge is 0.177 e. The van der Waals surface area contributed by atoms with Crippen molar-refractivity contribution in [2.24, 2.45) is 0 Å². The molecule has 3 nitrogen and oxygen atoms in total. The second-order valence-electron chi connectivity index (χ2n) is 10.4. The van der Waals surface area contributed by atoms with Gasteiger partial charge in [-0.15, -0.1) is 0 Å². The third kappa shape index (κ3) is 3.86. The van der Waals surface area contributed by atoms with E-state index in [0.29, 0.717) is 23.0 Å². The van der Waals surface area contributed by atoms with Crippen molar-refractivity contribution in [1.29, 1.82) is 0 Å². The van der Waals surface area contributed by atoms with Crippen molar-refractivity contribution < 1.29 is 14.0 Å². The highest BCUT2D eigenvalue weighted by molar-refractivity contribution is 7.85. The van der Waals surface area contributed by atoms with Crippen molar-refractivity contribution in [3.8, 4) is 34.1 Å². The van der Waals surface area contributed by atoms with Gasteiger partial charge in [0.05, 0.1) is 0 Å². The summed E-state index contributed by atoms with van der Waals surface area (Å²) in [5.41, 5.74) is 1.96. The molecule has 0 bridgehead atoms. The maximum Gasteiger partial charge on any atom is 0.177 e. The van der Waals surface area contributed by atoms with Crippen molar-refractivity contribution in [2.75, 3.05) is 0 Å². The summed E-state index contributed by atoms with van der Waals surface area (Å²) in [5.74, 6) is 2.78. The van der Waals surface area contributed by atoms with Crippen LogP contribution in [0.25, 0.3) is 32.7 Å². The fourth-order valence-electron chi connectivity index (χ4n) is 5.96. The molecule has 0 radical (unpaired) electrons. The largest absolute Gasteiger partial charge is 0.449 e. The summed E-state index contributed by atoms with van der Waals surface area (Å²) in [6.45, 7) is 0. The monoisotopic (exact) mass is 560 g/mol. The lowest BCUT2D eigenvalue weighted by Crippen LogP contribution is -2.25. The number of hydrogen-bond donors (Lipinski definition) is 0. The fourth-order valence-corrected chi connectivity index (χ4v) is 8.66. The zero-order valence-corrected chi connectivity index (χ0v) is 23.5. The number of rotatable bonds is 4. The van der Waals surface area contributed by atoms with Crippen molar-refractivity contribution in [1.82, 2.24) is 0 Å². The van der Waals surface area contributed by atoms with Gasteiger partial charge in [0.2, 0.25) is 0 Å². The predicted octanol–water partition coefficient (Wildman–Crippen LogP) is 9.20. The topological polar surface area (TPSA) is 35.5 Å². The first-order valence-corrected chi connectivity index (χ1v) is 15.7. The molecule has 4 heteroatoms. The Hall–Kier alpha value is -5.11. The van der Waals surface area contributed by atoms with Crippen LogP contribution in [0.1, 0.15) is 0 Å². The third-order valence-electron chi connectivity index (χ3n) is 7.99. The average Bonchev–Trinajstić information content (AvgIpc) is 3.07. The third-order valence-corrected chi connectivity index (χ3v) is 11.0. The normalized spacial score (nSPS) is 12.3. The lowest BCUT2D eigenvalue weighted by molar-refractivity contribution is 0.367. The van der Waals surface area contributed by atoms with Crippen LogP contribution in [0.2, 0.25) is 0 Å². The van der Waals surface area contributed by atoms with Crippen LogP contribution in [0.15, 0.2) is 152 Å². The molecule has 1 aliphatic rings. The number of fused-ring (bicyclic) bond motifs is 6. The van der Waals surface area contributed by atoms with Gasteiger partial charge >= 0.3 is 0 Å². The van der Waals surface area contributed by atoms with Gasteiger partial charge in [-0.3, -0.25) is 0 Å². The van der Waals surface area contributed by atoms with Gasteiger partial charge in [-0.2, -0.15) is 0 Å². The molecule has 7 aromatic carbocycles. The standard InChI is InChI=1S/C38H25O3P/c39-42(28-14-3-1-4-15-28,29-16-5-2-6-17-29)30-18-11-13-27(24-30)34-25-36-38(33-21-10-9-20-32(33)34)40-35-23-22-26-12-7-8-19-31(26)37(35)41-36/h1-25H. The molecule has 0 fully saturated rings. The quantitative estimate of drug-likeness (QED) is 0.201. The Bertz CT molecular complexity index is 2130. The molecule has 0 spiro atoms. The Balaban J connectivity index is 1.32. The molecule has 0 N–H and O–H groups in total. The minimum atomic E-state index is -3.13. The molecule has 8 rings (SSSR count). The van der Waals surface area contributed by atoms with E-state index in [4.69, 9.17) is 9.47 Å². The van der Waals surface area contributed by atoms with Gasteiger partial charge in [-0.05, 0) is 40.1 Å². The van der Waals surface area contributed by atoms with Gasteiger partial charge in [0, 0.05) is 26.7 Å². The molecule has 0 saturated carbocycles.